The highest BCUT2D eigenvalue weighted by molar-refractivity contribution is 6.15. The van der Waals surface area contributed by atoms with Gasteiger partial charge in [-0.05, 0) is 12.1 Å². The highest BCUT2D eigenvalue weighted by Crippen LogP contribution is 2.26. The third-order valence-corrected chi connectivity index (χ3v) is 2.73. The molecule has 6 heteroatoms. The van der Waals surface area contributed by atoms with Crippen molar-refractivity contribution in [3.05, 3.63) is 48.7 Å². The van der Waals surface area contributed by atoms with Gasteiger partial charge in [-0.3, -0.25) is 0 Å². The third-order valence-electron chi connectivity index (χ3n) is 2.73. The van der Waals surface area contributed by atoms with Gasteiger partial charge in [0.15, 0.2) is 5.57 Å². The van der Waals surface area contributed by atoms with Gasteiger partial charge >= 0.3 is 11.9 Å². The molecule has 22 heavy (non-hydrogen) atoms. The first-order valence-corrected chi connectivity index (χ1v) is 6.69. The quantitative estimate of drug-likeness (QED) is 0.390. The number of hydrogen-bond donors (Lipinski definition) is 1. The van der Waals surface area contributed by atoms with Gasteiger partial charge in [-0.25, -0.2) is 9.59 Å². The number of carbonyl (C=O) groups is 2. The second kappa shape index (κ2) is 6.34. The fourth-order valence-corrected chi connectivity index (χ4v) is 1.79. The molecule has 1 aromatic rings. The van der Waals surface area contributed by atoms with Crippen LogP contribution in [-0.4, -0.2) is 24.3 Å². The minimum atomic E-state index is -1.25. The molecule has 1 N–H and O–H groups in total. The molecular formula is C16H17NO5. The summed E-state index contributed by atoms with van der Waals surface area (Å²) in [5, 5.41) is 2.86. The summed E-state index contributed by atoms with van der Waals surface area (Å²) in [6.45, 7) is 6.90. The molecule has 0 amide bonds. The van der Waals surface area contributed by atoms with Crippen molar-refractivity contribution in [2.75, 3.05) is 11.9 Å². The molecule has 2 rings (SSSR count). The number of benzene rings is 1. The summed E-state index contributed by atoms with van der Waals surface area (Å²) in [4.78, 5) is 23.6. The predicted octanol–water partition coefficient (Wildman–Crippen LogP) is 2.38. The summed E-state index contributed by atoms with van der Waals surface area (Å²) in [7, 11) is 0. The Hall–Kier alpha value is -2.76. The van der Waals surface area contributed by atoms with Crippen molar-refractivity contribution in [2.24, 2.45) is 0 Å². The molecule has 0 bridgehead atoms. The first-order chi connectivity index (χ1) is 10.4. The molecule has 6 nitrogen and oxygen atoms in total. The second-order valence-electron chi connectivity index (χ2n) is 4.98. The Labute approximate surface area is 128 Å². The third kappa shape index (κ3) is 3.66. The molecule has 0 radical (unpaired) electrons. The van der Waals surface area contributed by atoms with E-state index in [0.717, 1.165) is 0 Å². The first-order valence-electron chi connectivity index (χ1n) is 6.69. The topological polar surface area (TPSA) is 73.9 Å². The molecule has 1 aromatic carbocycles. The standard InChI is InChI=1S/C16H17NO5/c1-4-9-20-13-8-6-5-7-12(13)17-10-11-14(18)21-16(2,3)22-15(11)19/h4-8,10,17H,1,9H2,2-3H3. The Morgan fingerprint density at radius 1 is 1.23 bits per heavy atom. The van der Waals surface area contributed by atoms with Gasteiger partial charge in [-0.1, -0.05) is 24.8 Å². The molecule has 0 aliphatic carbocycles. The van der Waals surface area contributed by atoms with Crippen LogP contribution in [0.2, 0.25) is 0 Å². The molecule has 0 unspecified atom stereocenters. The number of para-hydroxylation sites is 2. The summed E-state index contributed by atoms with van der Waals surface area (Å²) in [5.74, 6) is -2.16. The number of cyclic esters (lactones) is 2. The van der Waals surface area contributed by atoms with Gasteiger partial charge in [-0.15, -0.1) is 0 Å². The van der Waals surface area contributed by atoms with Crippen LogP contribution < -0.4 is 10.1 Å². The maximum Gasteiger partial charge on any atom is 0.350 e. The monoisotopic (exact) mass is 303 g/mol. The maximum absolute atomic E-state index is 11.8. The number of carbonyl (C=O) groups excluding carboxylic acids is 2. The Balaban J connectivity index is 2.16. The summed E-state index contributed by atoms with van der Waals surface area (Å²) < 4.78 is 15.5. The fraction of sp³-hybridized carbons (Fsp3) is 0.250. The number of rotatable bonds is 5. The van der Waals surface area contributed by atoms with E-state index < -0.39 is 17.7 Å². The Kier molecular flexibility index (Phi) is 4.50. The van der Waals surface area contributed by atoms with Gasteiger partial charge in [0.05, 0.1) is 5.69 Å². The molecule has 1 heterocycles. The van der Waals surface area contributed by atoms with Crippen LogP contribution in [0.25, 0.3) is 0 Å². The first kappa shape index (κ1) is 15.6. The molecule has 116 valence electrons. The molecule has 0 saturated carbocycles. The van der Waals surface area contributed by atoms with E-state index in [-0.39, 0.29) is 5.57 Å². The highest BCUT2D eigenvalue weighted by Gasteiger charge is 2.38. The molecular weight excluding hydrogens is 286 g/mol. The van der Waals surface area contributed by atoms with E-state index in [2.05, 4.69) is 11.9 Å². The van der Waals surface area contributed by atoms with Crippen molar-refractivity contribution in [1.82, 2.24) is 0 Å². The van der Waals surface area contributed by atoms with Crippen LogP contribution in [-0.2, 0) is 19.1 Å². The summed E-state index contributed by atoms with van der Waals surface area (Å²) >= 11 is 0. The smallest absolute Gasteiger partial charge is 0.350 e. The SMILES string of the molecule is C=CCOc1ccccc1NC=C1C(=O)OC(C)(C)OC1=O. The maximum atomic E-state index is 11.8. The lowest BCUT2D eigenvalue weighted by Gasteiger charge is -2.29. The van der Waals surface area contributed by atoms with Crippen LogP contribution in [0.15, 0.2) is 48.7 Å². The van der Waals surface area contributed by atoms with Gasteiger partial charge in [0.25, 0.3) is 5.79 Å². The minimum Gasteiger partial charge on any atom is -0.487 e. The minimum absolute atomic E-state index is 0.210. The van der Waals surface area contributed by atoms with E-state index in [1.807, 2.05) is 6.07 Å². The summed E-state index contributed by atoms with van der Waals surface area (Å²) in [6.07, 6.45) is 2.86. The molecule has 1 aliphatic rings. The predicted molar refractivity (Wildman–Crippen MR) is 80.1 cm³/mol. The number of hydrogen-bond acceptors (Lipinski definition) is 6. The zero-order chi connectivity index (χ0) is 16.2. The lowest BCUT2D eigenvalue weighted by Crippen LogP contribution is -2.42. The summed E-state index contributed by atoms with van der Waals surface area (Å²) in [6, 6.07) is 7.11. The van der Waals surface area contributed by atoms with Gasteiger partial charge < -0.3 is 19.5 Å². The van der Waals surface area contributed by atoms with Crippen LogP contribution in [0.5, 0.6) is 5.75 Å². The number of anilines is 1. The van der Waals surface area contributed by atoms with Gasteiger partial charge in [0, 0.05) is 20.0 Å². The zero-order valence-electron chi connectivity index (χ0n) is 12.4. The van der Waals surface area contributed by atoms with E-state index in [9.17, 15) is 9.59 Å². The van der Waals surface area contributed by atoms with E-state index in [1.54, 1.807) is 24.3 Å². The van der Waals surface area contributed by atoms with E-state index >= 15 is 0 Å². The van der Waals surface area contributed by atoms with E-state index in [1.165, 1.54) is 20.0 Å². The van der Waals surface area contributed by atoms with Gasteiger partial charge in [0.2, 0.25) is 0 Å². The number of nitrogens with one attached hydrogen (secondary N) is 1. The van der Waals surface area contributed by atoms with Crippen LogP contribution in [0.4, 0.5) is 5.69 Å². The molecule has 0 spiro atoms. The average Bonchev–Trinajstić information content (AvgIpc) is 2.44. The molecule has 0 aromatic heterocycles. The zero-order valence-corrected chi connectivity index (χ0v) is 12.4. The van der Waals surface area contributed by atoms with Gasteiger partial charge in [0.1, 0.15) is 12.4 Å². The Morgan fingerprint density at radius 3 is 2.50 bits per heavy atom. The Morgan fingerprint density at radius 2 is 1.86 bits per heavy atom. The molecule has 0 atom stereocenters. The highest BCUT2D eigenvalue weighted by atomic mass is 16.7. The normalized spacial score (nSPS) is 16.4. The molecule has 1 fully saturated rings. The number of esters is 2. The van der Waals surface area contributed by atoms with Gasteiger partial charge in [-0.2, -0.15) is 0 Å². The fourth-order valence-electron chi connectivity index (χ4n) is 1.79. The number of ether oxygens (including phenoxy) is 3. The van der Waals surface area contributed by atoms with Crippen molar-refractivity contribution in [2.45, 2.75) is 19.6 Å². The van der Waals surface area contributed by atoms with Crippen molar-refractivity contribution in [1.29, 1.82) is 0 Å². The lowest BCUT2D eigenvalue weighted by atomic mass is 10.2. The Bertz CT molecular complexity index is 611. The summed E-state index contributed by atoms with van der Waals surface area (Å²) in [5.41, 5.74) is 0.389. The van der Waals surface area contributed by atoms with E-state index in [4.69, 9.17) is 14.2 Å². The van der Waals surface area contributed by atoms with Crippen molar-refractivity contribution in [3.63, 3.8) is 0 Å². The van der Waals surface area contributed by atoms with Crippen molar-refractivity contribution >= 4 is 17.6 Å². The van der Waals surface area contributed by atoms with Crippen LogP contribution in [0.3, 0.4) is 0 Å². The van der Waals surface area contributed by atoms with Crippen LogP contribution in [0, 0.1) is 0 Å². The van der Waals surface area contributed by atoms with Crippen molar-refractivity contribution < 1.29 is 23.8 Å². The second-order valence-corrected chi connectivity index (χ2v) is 4.98. The average molecular weight is 303 g/mol. The molecule has 1 aliphatic heterocycles. The van der Waals surface area contributed by atoms with E-state index in [0.29, 0.717) is 18.0 Å². The molecule has 1 saturated heterocycles. The lowest BCUT2D eigenvalue weighted by molar-refractivity contribution is -0.222. The van der Waals surface area contributed by atoms with Crippen molar-refractivity contribution in [3.8, 4) is 5.75 Å². The van der Waals surface area contributed by atoms with Crippen LogP contribution >= 0.6 is 0 Å². The largest absolute Gasteiger partial charge is 0.487 e. The van der Waals surface area contributed by atoms with Crippen LogP contribution in [0.1, 0.15) is 13.8 Å².